The van der Waals surface area contributed by atoms with Crippen LogP contribution < -0.4 is 10.5 Å². The minimum atomic E-state index is -3.46. The molecule has 0 aliphatic carbocycles. The average molecular weight is 365 g/mol. The molecule has 3 N–H and O–H groups in total. The van der Waals surface area contributed by atoms with Crippen molar-refractivity contribution in [3.05, 3.63) is 35.6 Å². The van der Waals surface area contributed by atoms with E-state index in [4.69, 9.17) is 9.56 Å². The number of nitrogens with zero attached hydrogens (tertiary/aromatic N) is 1. The Kier molecular flexibility index (Phi) is 5.01. The summed E-state index contributed by atoms with van der Waals surface area (Å²) in [6.45, 7) is 3.37. The molecule has 8 heteroatoms. The number of hydrogen-bond acceptors (Lipinski definition) is 4. The lowest BCUT2D eigenvalue weighted by Crippen LogP contribution is -2.45. The van der Waals surface area contributed by atoms with Gasteiger partial charge in [-0.3, -0.25) is 0 Å². The first-order valence-corrected chi connectivity index (χ1v) is 10.1. The van der Waals surface area contributed by atoms with E-state index in [9.17, 15) is 13.2 Å². The van der Waals surface area contributed by atoms with Gasteiger partial charge in [-0.15, -0.1) is 0 Å². The van der Waals surface area contributed by atoms with Crippen molar-refractivity contribution < 1.29 is 17.6 Å². The predicted molar refractivity (Wildman–Crippen MR) is 95.5 cm³/mol. The fourth-order valence-corrected chi connectivity index (χ4v) is 4.34. The number of fused-ring (bicyclic) bond motifs is 1. The Morgan fingerprint density at radius 3 is 2.68 bits per heavy atom. The highest BCUT2D eigenvalue weighted by Gasteiger charge is 2.25. The number of rotatable bonds is 4. The SMILES string of the molecule is Cc1oc2ccccc2c1CNC(=O)N1CCC(CS(N)(=O)=O)CC1. The molecule has 2 amide bonds. The number of nitrogens with one attached hydrogen (secondary N) is 1. The van der Waals surface area contributed by atoms with Crippen LogP contribution >= 0.6 is 0 Å². The Hall–Kier alpha value is -2.06. The van der Waals surface area contributed by atoms with Crippen molar-refractivity contribution in [2.45, 2.75) is 26.3 Å². The number of sulfonamides is 1. The molecule has 2 aromatic rings. The summed E-state index contributed by atoms with van der Waals surface area (Å²) in [5, 5.41) is 9.03. The van der Waals surface area contributed by atoms with Crippen molar-refractivity contribution >= 4 is 27.0 Å². The van der Waals surface area contributed by atoms with Gasteiger partial charge in [0.2, 0.25) is 10.0 Å². The minimum absolute atomic E-state index is 0.0112. The second-order valence-corrected chi connectivity index (χ2v) is 8.21. The van der Waals surface area contributed by atoms with E-state index in [1.54, 1.807) is 4.90 Å². The summed E-state index contributed by atoms with van der Waals surface area (Å²) in [7, 11) is -3.46. The number of furan rings is 1. The van der Waals surface area contributed by atoms with Crippen LogP contribution in [0.1, 0.15) is 24.2 Å². The molecule has 1 aliphatic heterocycles. The van der Waals surface area contributed by atoms with E-state index in [-0.39, 0.29) is 17.7 Å². The number of para-hydroxylation sites is 1. The van der Waals surface area contributed by atoms with Gasteiger partial charge in [-0.25, -0.2) is 18.4 Å². The zero-order chi connectivity index (χ0) is 18.0. The standard InChI is InChI=1S/C17H23N3O4S/c1-12-15(14-4-2-3-5-16(14)24-12)10-19-17(21)20-8-6-13(7-9-20)11-25(18,22)23/h2-5,13H,6-11H2,1H3,(H,19,21)(H2,18,22,23). The van der Waals surface area contributed by atoms with Crippen molar-refractivity contribution in [3.8, 4) is 0 Å². The van der Waals surface area contributed by atoms with Crippen LogP contribution in [-0.4, -0.2) is 38.2 Å². The zero-order valence-electron chi connectivity index (χ0n) is 14.2. The van der Waals surface area contributed by atoms with Gasteiger partial charge in [0.1, 0.15) is 11.3 Å². The maximum absolute atomic E-state index is 12.4. The fraction of sp³-hybridized carbons (Fsp3) is 0.471. The quantitative estimate of drug-likeness (QED) is 0.864. The van der Waals surface area contributed by atoms with E-state index in [1.165, 1.54) is 0 Å². The fourth-order valence-electron chi connectivity index (χ4n) is 3.35. The topological polar surface area (TPSA) is 106 Å². The molecule has 1 aromatic heterocycles. The predicted octanol–water partition coefficient (Wildman–Crippen LogP) is 1.95. The van der Waals surface area contributed by atoms with E-state index in [2.05, 4.69) is 5.32 Å². The molecule has 0 radical (unpaired) electrons. The van der Waals surface area contributed by atoms with Gasteiger partial charge in [0.05, 0.1) is 5.75 Å². The molecule has 0 atom stereocenters. The van der Waals surface area contributed by atoms with E-state index in [1.807, 2.05) is 31.2 Å². The average Bonchev–Trinajstić information content (AvgIpc) is 2.87. The van der Waals surface area contributed by atoms with Crippen molar-refractivity contribution in [1.29, 1.82) is 0 Å². The summed E-state index contributed by atoms with van der Waals surface area (Å²) in [5.74, 6) is 0.815. The van der Waals surface area contributed by atoms with Crippen LogP contribution in [0.15, 0.2) is 28.7 Å². The Bertz CT molecular complexity index is 867. The Balaban J connectivity index is 1.56. The molecule has 2 heterocycles. The van der Waals surface area contributed by atoms with E-state index >= 15 is 0 Å². The van der Waals surface area contributed by atoms with Crippen molar-refractivity contribution in [2.75, 3.05) is 18.8 Å². The number of urea groups is 1. The Morgan fingerprint density at radius 2 is 2.00 bits per heavy atom. The van der Waals surface area contributed by atoms with Crippen LogP contribution in [0.2, 0.25) is 0 Å². The third-order valence-electron chi connectivity index (χ3n) is 4.69. The van der Waals surface area contributed by atoms with Crippen LogP contribution in [0.3, 0.4) is 0 Å². The molecule has 1 saturated heterocycles. The lowest BCUT2D eigenvalue weighted by atomic mass is 9.99. The number of carbonyl (C=O) groups is 1. The van der Waals surface area contributed by atoms with Gasteiger partial charge < -0.3 is 14.6 Å². The van der Waals surface area contributed by atoms with Gasteiger partial charge in [-0.1, -0.05) is 18.2 Å². The van der Waals surface area contributed by atoms with Gasteiger partial charge in [0.15, 0.2) is 0 Å². The number of carbonyl (C=O) groups excluding carboxylic acids is 1. The molecule has 0 spiro atoms. The number of likely N-dealkylation sites (tertiary alicyclic amines) is 1. The van der Waals surface area contributed by atoms with Gasteiger partial charge in [-0.05, 0) is 31.7 Å². The number of piperidine rings is 1. The highest BCUT2D eigenvalue weighted by Crippen LogP contribution is 2.25. The van der Waals surface area contributed by atoms with Gasteiger partial charge >= 0.3 is 6.03 Å². The highest BCUT2D eigenvalue weighted by atomic mass is 32.2. The summed E-state index contributed by atoms with van der Waals surface area (Å²) in [6.07, 6.45) is 1.30. The molecular formula is C17H23N3O4S. The van der Waals surface area contributed by atoms with Gasteiger partial charge in [0.25, 0.3) is 0 Å². The van der Waals surface area contributed by atoms with Crippen LogP contribution in [0, 0.1) is 12.8 Å². The number of aryl methyl sites for hydroxylation is 1. The maximum Gasteiger partial charge on any atom is 0.317 e. The number of hydrogen-bond donors (Lipinski definition) is 2. The first-order chi connectivity index (χ1) is 11.8. The molecule has 1 aromatic carbocycles. The van der Waals surface area contributed by atoms with E-state index in [0.717, 1.165) is 22.3 Å². The molecular weight excluding hydrogens is 342 g/mol. The largest absolute Gasteiger partial charge is 0.461 e. The zero-order valence-corrected chi connectivity index (χ0v) is 15.0. The molecule has 1 fully saturated rings. The maximum atomic E-state index is 12.4. The number of nitrogens with two attached hydrogens (primary N) is 1. The van der Waals surface area contributed by atoms with Gasteiger partial charge in [-0.2, -0.15) is 0 Å². The molecule has 7 nitrogen and oxygen atoms in total. The molecule has 0 saturated carbocycles. The third kappa shape index (κ3) is 4.32. The second-order valence-electron chi connectivity index (χ2n) is 6.55. The Labute approximate surface area is 147 Å². The first kappa shape index (κ1) is 17.8. The second kappa shape index (κ2) is 7.05. The molecule has 0 bridgehead atoms. The lowest BCUT2D eigenvalue weighted by molar-refractivity contribution is 0.174. The monoisotopic (exact) mass is 365 g/mol. The Morgan fingerprint density at radius 1 is 1.32 bits per heavy atom. The molecule has 0 unspecified atom stereocenters. The molecule has 25 heavy (non-hydrogen) atoms. The highest BCUT2D eigenvalue weighted by molar-refractivity contribution is 7.89. The van der Waals surface area contributed by atoms with Crippen LogP contribution in [0.25, 0.3) is 11.0 Å². The van der Waals surface area contributed by atoms with Crippen molar-refractivity contribution in [1.82, 2.24) is 10.2 Å². The van der Waals surface area contributed by atoms with E-state index < -0.39 is 10.0 Å². The normalized spacial score (nSPS) is 16.3. The van der Waals surface area contributed by atoms with Crippen LogP contribution in [0.4, 0.5) is 4.79 Å². The van der Waals surface area contributed by atoms with Crippen LogP contribution in [0.5, 0.6) is 0 Å². The number of amides is 2. The summed E-state index contributed by atoms with van der Waals surface area (Å²) in [5.41, 5.74) is 1.79. The van der Waals surface area contributed by atoms with Crippen LogP contribution in [-0.2, 0) is 16.6 Å². The number of primary sulfonamides is 1. The third-order valence-corrected chi connectivity index (χ3v) is 5.62. The summed E-state index contributed by atoms with van der Waals surface area (Å²) in [4.78, 5) is 14.1. The molecule has 3 rings (SSSR count). The molecule has 1 aliphatic rings. The lowest BCUT2D eigenvalue weighted by Gasteiger charge is -2.31. The van der Waals surface area contributed by atoms with Crippen molar-refractivity contribution in [3.63, 3.8) is 0 Å². The van der Waals surface area contributed by atoms with Crippen molar-refractivity contribution in [2.24, 2.45) is 11.1 Å². The summed E-state index contributed by atoms with van der Waals surface area (Å²) < 4.78 is 28.0. The van der Waals surface area contributed by atoms with E-state index in [0.29, 0.717) is 32.5 Å². The summed E-state index contributed by atoms with van der Waals surface area (Å²) >= 11 is 0. The van der Waals surface area contributed by atoms with Gasteiger partial charge in [0, 0.05) is 30.6 Å². The molecule has 136 valence electrons. The minimum Gasteiger partial charge on any atom is -0.461 e. The smallest absolute Gasteiger partial charge is 0.317 e. The number of benzene rings is 1. The summed E-state index contributed by atoms with van der Waals surface area (Å²) in [6, 6.07) is 7.60. The first-order valence-electron chi connectivity index (χ1n) is 8.34.